The topological polar surface area (TPSA) is 49.4 Å². The Kier molecular flexibility index (Phi) is 9.85. The van der Waals surface area contributed by atoms with E-state index in [1.807, 2.05) is 78.9 Å². The molecule has 2 amide bonds. The molecule has 0 unspecified atom stereocenters. The molecule has 0 bridgehead atoms. The van der Waals surface area contributed by atoms with Crippen LogP contribution in [0.2, 0.25) is 5.02 Å². The molecule has 33 heavy (non-hydrogen) atoms. The number of carbonyl (C=O) groups excluding carboxylic acids is 2. The van der Waals surface area contributed by atoms with Crippen molar-refractivity contribution in [2.75, 3.05) is 12.8 Å². The minimum atomic E-state index is -0.621. The van der Waals surface area contributed by atoms with Gasteiger partial charge >= 0.3 is 0 Å². The van der Waals surface area contributed by atoms with Crippen molar-refractivity contribution in [1.82, 2.24) is 10.2 Å². The van der Waals surface area contributed by atoms with Gasteiger partial charge in [-0.2, -0.15) is 0 Å². The predicted octanol–water partition coefficient (Wildman–Crippen LogP) is 5.72. The van der Waals surface area contributed by atoms with E-state index in [1.165, 1.54) is 11.8 Å². The fraction of sp³-hybridized carbons (Fsp3) is 0.231. The summed E-state index contributed by atoms with van der Waals surface area (Å²) in [5, 5.41) is 3.43. The van der Waals surface area contributed by atoms with E-state index in [-0.39, 0.29) is 17.6 Å². The van der Waals surface area contributed by atoms with Crippen molar-refractivity contribution in [2.24, 2.45) is 0 Å². The van der Waals surface area contributed by atoms with E-state index in [2.05, 4.69) is 21.2 Å². The fourth-order valence-corrected chi connectivity index (χ4v) is 5.14. The van der Waals surface area contributed by atoms with Crippen LogP contribution in [-0.2, 0) is 28.3 Å². The van der Waals surface area contributed by atoms with Crippen molar-refractivity contribution in [3.8, 4) is 0 Å². The zero-order valence-electron chi connectivity index (χ0n) is 18.3. The third kappa shape index (κ3) is 7.63. The summed E-state index contributed by atoms with van der Waals surface area (Å²) < 4.78 is 0.931. The Bertz CT molecular complexity index is 1080. The zero-order chi connectivity index (χ0) is 23.6. The number of benzene rings is 3. The molecule has 0 radical (unpaired) electrons. The first-order valence-corrected chi connectivity index (χ1v) is 12.9. The summed E-state index contributed by atoms with van der Waals surface area (Å²) in [6.45, 7) is 0.343. The molecule has 4 nitrogen and oxygen atoms in total. The minimum absolute atomic E-state index is 0.0865. The van der Waals surface area contributed by atoms with E-state index in [1.54, 1.807) is 11.9 Å². The van der Waals surface area contributed by atoms with Gasteiger partial charge in [-0.1, -0.05) is 88.2 Å². The normalized spacial score (nSPS) is 11.6. The molecule has 0 heterocycles. The van der Waals surface area contributed by atoms with Crippen molar-refractivity contribution in [3.05, 3.63) is 105 Å². The van der Waals surface area contributed by atoms with Gasteiger partial charge in [-0.15, -0.1) is 11.8 Å². The number of halogens is 2. The van der Waals surface area contributed by atoms with Crippen LogP contribution in [0.25, 0.3) is 0 Å². The lowest BCUT2D eigenvalue weighted by molar-refractivity contribution is -0.139. The van der Waals surface area contributed by atoms with Gasteiger partial charge in [-0.3, -0.25) is 9.59 Å². The number of nitrogens with one attached hydrogen (secondary N) is 1. The third-order valence-electron chi connectivity index (χ3n) is 5.20. The molecule has 3 aromatic rings. The van der Waals surface area contributed by atoms with Gasteiger partial charge in [-0.25, -0.2) is 0 Å². The van der Waals surface area contributed by atoms with Gasteiger partial charge in [0.25, 0.3) is 0 Å². The summed E-state index contributed by atoms with van der Waals surface area (Å²) in [7, 11) is 1.61. The number of thioether (sulfide) groups is 1. The van der Waals surface area contributed by atoms with Crippen LogP contribution in [0.1, 0.15) is 16.7 Å². The monoisotopic (exact) mass is 544 g/mol. The lowest BCUT2D eigenvalue weighted by Gasteiger charge is -2.31. The Morgan fingerprint density at radius 3 is 2.39 bits per heavy atom. The van der Waals surface area contributed by atoms with Crippen molar-refractivity contribution >= 4 is 51.1 Å². The summed E-state index contributed by atoms with van der Waals surface area (Å²) in [6.07, 6.45) is 0.440. The molecule has 3 aromatic carbocycles. The van der Waals surface area contributed by atoms with Gasteiger partial charge in [0.1, 0.15) is 6.04 Å². The molecule has 0 spiro atoms. The number of hydrogen-bond acceptors (Lipinski definition) is 3. The molecule has 172 valence electrons. The lowest BCUT2D eigenvalue weighted by Crippen LogP contribution is -2.50. The van der Waals surface area contributed by atoms with Crippen LogP contribution in [0.15, 0.2) is 83.3 Å². The van der Waals surface area contributed by atoms with E-state index in [0.29, 0.717) is 23.7 Å². The van der Waals surface area contributed by atoms with Crippen LogP contribution in [0, 0.1) is 0 Å². The first-order valence-electron chi connectivity index (χ1n) is 10.6. The maximum absolute atomic E-state index is 13.4. The molecule has 0 aliphatic carbocycles. The Labute approximate surface area is 212 Å². The maximum Gasteiger partial charge on any atom is 0.242 e. The number of amides is 2. The quantitative estimate of drug-likeness (QED) is 0.354. The van der Waals surface area contributed by atoms with Gasteiger partial charge in [0.15, 0.2) is 0 Å². The van der Waals surface area contributed by atoms with Crippen molar-refractivity contribution in [3.63, 3.8) is 0 Å². The molecule has 7 heteroatoms. The average Bonchev–Trinajstić information content (AvgIpc) is 2.82. The molecular formula is C26H26BrClN2O2S. The molecule has 0 aliphatic heterocycles. The van der Waals surface area contributed by atoms with E-state index < -0.39 is 6.04 Å². The Morgan fingerprint density at radius 1 is 1.00 bits per heavy atom. The van der Waals surface area contributed by atoms with Crippen LogP contribution >= 0.6 is 39.3 Å². The fourth-order valence-electron chi connectivity index (χ4n) is 3.50. The molecule has 0 fully saturated rings. The van der Waals surface area contributed by atoms with E-state index in [9.17, 15) is 9.59 Å². The second kappa shape index (κ2) is 12.8. The Morgan fingerprint density at radius 2 is 1.70 bits per heavy atom. The van der Waals surface area contributed by atoms with Gasteiger partial charge in [0.2, 0.25) is 11.8 Å². The highest BCUT2D eigenvalue weighted by Gasteiger charge is 2.29. The molecular weight excluding hydrogens is 520 g/mol. The zero-order valence-corrected chi connectivity index (χ0v) is 21.5. The second-order valence-corrected chi connectivity index (χ2v) is 9.86. The van der Waals surface area contributed by atoms with E-state index >= 15 is 0 Å². The van der Waals surface area contributed by atoms with Gasteiger partial charge in [0, 0.05) is 35.3 Å². The highest BCUT2D eigenvalue weighted by Crippen LogP contribution is 2.23. The first-order chi connectivity index (χ1) is 16.0. The van der Waals surface area contributed by atoms with Crippen LogP contribution in [-0.4, -0.2) is 35.6 Å². The molecule has 0 aliphatic rings. The predicted molar refractivity (Wildman–Crippen MR) is 140 cm³/mol. The summed E-state index contributed by atoms with van der Waals surface area (Å²) >= 11 is 11.3. The summed E-state index contributed by atoms with van der Waals surface area (Å²) in [5.74, 6) is 0.607. The molecule has 0 aromatic heterocycles. The van der Waals surface area contributed by atoms with Gasteiger partial charge in [-0.05, 0) is 34.9 Å². The Hall–Kier alpha value is -2.28. The molecule has 3 rings (SSSR count). The van der Waals surface area contributed by atoms with Gasteiger partial charge in [0.05, 0.1) is 5.75 Å². The van der Waals surface area contributed by atoms with Crippen LogP contribution in [0.4, 0.5) is 0 Å². The van der Waals surface area contributed by atoms with Gasteiger partial charge < -0.3 is 10.2 Å². The molecule has 0 saturated carbocycles. The van der Waals surface area contributed by atoms with Crippen LogP contribution in [0.5, 0.6) is 0 Å². The smallest absolute Gasteiger partial charge is 0.242 e. The highest BCUT2D eigenvalue weighted by atomic mass is 79.9. The lowest BCUT2D eigenvalue weighted by atomic mass is 10.0. The summed E-state index contributed by atoms with van der Waals surface area (Å²) in [4.78, 5) is 28.0. The molecule has 0 saturated heterocycles. The average molecular weight is 546 g/mol. The molecule has 1 N–H and O–H groups in total. The van der Waals surface area contributed by atoms with Crippen LogP contribution < -0.4 is 5.32 Å². The molecule has 1 atom stereocenters. The number of likely N-dealkylation sites (N-methyl/N-ethyl adjacent to an activating group) is 1. The second-order valence-electron chi connectivity index (χ2n) is 7.56. The summed E-state index contributed by atoms with van der Waals surface area (Å²) in [6, 6.07) is 24.6. The summed E-state index contributed by atoms with van der Waals surface area (Å²) in [5.41, 5.74) is 2.94. The number of nitrogens with zero attached hydrogens (tertiary/aromatic N) is 1. The van der Waals surface area contributed by atoms with E-state index in [4.69, 9.17) is 11.6 Å². The van der Waals surface area contributed by atoms with Crippen molar-refractivity contribution in [1.29, 1.82) is 0 Å². The first kappa shape index (κ1) is 25.3. The number of rotatable bonds is 10. The van der Waals surface area contributed by atoms with Crippen LogP contribution in [0.3, 0.4) is 0 Å². The SMILES string of the molecule is CNC(=O)[C@@H](Cc1ccccc1)N(Cc1cccc(Br)c1)C(=O)CSCc1ccccc1Cl. The maximum atomic E-state index is 13.4. The largest absolute Gasteiger partial charge is 0.357 e. The highest BCUT2D eigenvalue weighted by molar-refractivity contribution is 9.10. The number of hydrogen-bond donors (Lipinski definition) is 1. The third-order valence-corrected chi connectivity index (χ3v) is 7.03. The van der Waals surface area contributed by atoms with E-state index in [0.717, 1.165) is 21.2 Å². The number of carbonyl (C=O) groups is 2. The Balaban J connectivity index is 1.81. The van der Waals surface area contributed by atoms with Crippen molar-refractivity contribution < 1.29 is 9.59 Å². The van der Waals surface area contributed by atoms with Crippen molar-refractivity contribution in [2.45, 2.75) is 24.8 Å². The standard InChI is InChI=1S/C26H26BrClN2O2S/c1-29-26(32)24(15-19-8-3-2-4-9-19)30(16-20-10-7-12-22(27)14-20)25(31)18-33-17-21-11-5-6-13-23(21)28/h2-14,24H,15-18H2,1H3,(H,29,32)/t24-/m1/s1. The minimum Gasteiger partial charge on any atom is -0.357 e.